The molecule has 3 aromatic carbocycles. The summed E-state index contributed by atoms with van der Waals surface area (Å²) in [7, 11) is 1.29. The van der Waals surface area contributed by atoms with Gasteiger partial charge in [-0.25, -0.2) is 4.79 Å². The van der Waals surface area contributed by atoms with E-state index in [0.717, 1.165) is 4.90 Å². The van der Waals surface area contributed by atoms with Gasteiger partial charge in [-0.2, -0.15) is 0 Å². The molecule has 6 nitrogen and oxygen atoms in total. The number of carbonyl (C=O) groups excluding carboxylic acids is 3. The van der Waals surface area contributed by atoms with E-state index in [9.17, 15) is 14.4 Å². The molecule has 0 saturated heterocycles. The minimum Gasteiger partial charge on any atom is -0.465 e. The Kier molecular flexibility index (Phi) is 8.98. The number of thioether (sulfide) groups is 1. The molecule has 0 aliphatic heterocycles. The predicted octanol–water partition coefficient (Wildman–Crippen LogP) is 6.54. The second-order valence-corrected chi connectivity index (χ2v) is 9.27. The van der Waals surface area contributed by atoms with E-state index in [1.54, 1.807) is 54.6 Å². The van der Waals surface area contributed by atoms with Crippen LogP contribution >= 0.6 is 35.0 Å². The number of halogens is 2. The summed E-state index contributed by atoms with van der Waals surface area (Å²) in [6.07, 6.45) is 0.549. The second kappa shape index (κ2) is 11.9. The zero-order chi connectivity index (χ0) is 24.7. The number of para-hydroxylation sites is 1. The van der Waals surface area contributed by atoms with Gasteiger partial charge in [0, 0.05) is 15.6 Å². The maximum Gasteiger partial charge on any atom is 0.339 e. The van der Waals surface area contributed by atoms with Crippen LogP contribution in [0.5, 0.6) is 0 Å². The van der Waals surface area contributed by atoms with E-state index in [1.807, 2.05) is 13.0 Å². The number of nitrogens with one attached hydrogen (secondary N) is 2. The third-order valence-electron chi connectivity index (χ3n) is 4.80. The Morgan fingerprint density at radius 2 is 1.71 bits per heavy atom. The van der Waals surface area contributed by atoms with Crippen molar-refractivity contribution >= 4 is 64.1 Å². The molecule has 0 heterocycles. The van der Waals surface area contributed by atoms with Gasteiger partial charge in [0.15, 0.2) is 0 Å². The van der Waals surface area contributed by atoms with Gasteiger partial charge in [0.25, 0.3) is 5.91 Å². The molecule has 0 bridgehead atoms. The van der Waals surface area contributed by atoms with Crippen molar-refractivity contribution in [2.75, 3.05) is 17.7 Å². The summed E-state index contributed by atoms with van der Waals surface area (Å²) >= 11 is 13.4. The SMILES string of the molecule is CCC(Sc1cccc(NC(=O)c2ccc(Cl)cc2Cl)c1)C(=O)Nc1ccccc1C(=O)OC. The van der Waals surface area contributed by atoms with Gasteiger partial charge in [-0.1, -0.05) is 48.3 Å². The summed E-state index contributed by atoms with van der Waals surface area (Å²) in [5.41, 5.74) is 1.54. The Hall–Kier alpha value is -3.00. The molecule has 0 aliphatic rings. The third kappa shape index (κ3) is 6.53. The number of esters is 1. The number of hydrogen-bond acceptors (Lipinski definition) is 5. The average molecular weight is 517 g/mol. The minimum absolute atomic E-state index is 0.244. The third-order valence-corrected chi connectivity index (χ3v) is 6.71. The first-order valence-electron chi connectivity index (χ1n) is 10.3. The monoisotopic (exact) mass is 516 g/mol. The standard InChI is InChI=1S/C25H22Cl2N2O4S/c1-3-22(24(31)29-21-10-5-4-9-19(21)25(32)33-2)34-17-8-6-7-16(14-17)28-23(30)18-12-11-15(26)13-20(18)27/h4-14,22H,3H2,1-2H3,(H,28,30)(H,29,31). The highest BCUT2D eigenvalue weighted by molar-refractivity contribution is 8.00. The van der Waals surface area contributed by atoms with E-state index in [1.165, 1.54) is 24.9 Å². The van der Waals surface area contributed by atoms with E-state index in [2.05, 4.69) is 10.6 Å². The lowest BCUT2D eigenvalue weighted by atomic mass is 10.1. The Morgan fingerprint density at radius 1 is 0.941 bits per heavy atom. The molecule has 0 fully saturated rings. The summed E-state index contributed by atoms with van der Waals surface area (Å²) in [5.74, 6) is -1.14. The quantitative estimate of drug-likeness (QED) is 0.262. The molecule has 1 unspecified atom stereocenters. The highest BCUT2D eigenvalue weighted by Crippen LogP contribution is 2.30. The molecule has 0 spiro atoms. The summed E-state index contributed by atoms with van der Waals surface area (Å²) in [5, 5.41) is 5.90. The highest BCUT2D eigenvalue weighted by Gasteiger charge is 2.21. The number of methoxy groups -OCH3 is 1. The van der Waals surface area contributed by atoms with Crippen molar-refractivity contribution in [1.29, 1.82) is 0 Å². The first-order valence-corrected chi connectivity index (χ1v) is 12.0. The Morgan fingerprint density at radius 3 is 2.41 bits per heavy atom. The molecular weight excluding hydrogens is 495 g/mol. The lowest BCUT2D eigenvalue weighted by Crippen LogP contribution is -2.25. The van der Waals surface area contributed by atoms with Crippen molar-refractivity contribution in [3.05, 3.63) is 87.9 Å². The predicted molar refractivity (Wildman–Crippen MR) is 137 cm³/mol. The van der Waals surface area contributed by atoms with Gasteiger partial charge in [0.05, 0.1) is 34.2 Å². The lowest BCUT2D eigenvalue weighted by molar-refractivity contribution is -0.115. The summed E-state index contributed by atoms with van der Waals surface area (Å²) < 4.78 is 4.79. The molecule has 3 aromatic rings. The fraction of sp³-hybridized carbons (Fsp3) is 0.160. The molecule has 3 rings (SSSR count). The minimum atomic E-state index is -0.527. The second-order valence-electron chi connectivity index (χ2n) is 7.15. The van der Waals surface area contributed by atoms with Crippen LogP contribution in [0.25, 0.3) is 0 Å². The van der Waals surface area contributed by atoms with Crippen LogP contribution in [0.1, 0.15) is 34.1 Å². The molecule has 2 N–H and O–H groups in total. The fourth-order valence-corrected chi connectivity index (χ4v) is 4.61. The first-order chi connectivity index (χ1) is 16.3. The summed E-state index contributed by atoms with van der Waals surface area (Å²) in [6, 6.07) is 18.5. The molecule has 0 aromatic heterocycles. The van der Waals surface area contributed by atoms with Crippen LogP contribution in [-0.2, 0) is 9.53 Å². The van der Waals surface area contributed by atoms with Crippen molar-refractivity contribution in [2.45, 2.75) is 23.5 Å². The lowest BCUT2D eigenvalue weighted by Gasteiger charge is -2.17. The van der Waals surface area contributed by atoms with Crippen molar-refractivity contribution < 1.29 is 19.1 Å². The maximum atomic E-state index is 12.9. The number of rotatable bonds is 8. The fourth-order valence-electron chi connectivity index (χ4n) is 3.10. The first kappa shape index (κ1) is 25.6. The topological polar surface area (TPSA) is 84.5 Å². The van der Waals surface area contributed by atoms with Crippen LogP contribution in [0.2, 0.25) is 10.0 Å². The van der Waals surface area contributed by atoms with Gasteiger partial charge in [-0.05, 0) is 55.0 Å². The Bertz CT molecular complexity index is 1220. The zero-order valence-electron chi connectivity index (χ0n) is 18.4. The van der Waals surface area contributed by atoms with Crippen LogP contribution < -0.4 is 10.6 Å². The van der Waals surface area contributed by atoms with Crippen LogP contribution in [0.4, 0.5) is 11.4 Å². The molecule has 34 heavy (non-hydrogen) atoms. The molecule has 176 valence electrons. The molecule has 2 amide bonds. The summed E-state index contributed by atoms with van der Waals surface area (Å²) in [4.78, 5) is 38.3. The van der Waals surface area contributed by atoms with Crippen molar-refractivity contribution in [3.63, 3.8) is 0 Å². The van der Waals surface area contributed by atoms with E-state index in [0.29, 0.717) is 28.4 Å². The largest absolute Gasteiger partial charge is 0.465 e. The van der Waals surface area contributed by atoms with Crippen molar-refractivity contribution in [1.82, 2.24) is 0 Å². The highest BCUT2D eigenvalue weighted by atomic mass is 35.5. The number of carbonyl (C=O) groups is 3. The van der Waals surface area contributed by atoms with E-state index < -0.39 is 11.2 Å². The number of anilines is 2. The van der Waals surface area contributed by atoms with E-state index >= 15 is 0 Å². The van der Waals surface area contributed by atoms with Crippen LogP contribution in [0.3, 0.4) is 0 Å². The number of amides is 2. The molecule has 0 aliphatic carbocycles. The molecular formula is C25H22Cl2N2O4S. The zero-order valence-corrected chi connectivity index (χ0v) is 20.8. The van der Waals surface area contributed by atoms with Gasteiger partial charge in [-0.15, -0.1) is 11.8 Å². The molecule has 0 saturated carbocycles. The molecule has 1 atom stereocenters. The van der Waals surface area contributed by atoms with Crippen LogP contribution in [0.15, 0.2) is 71.6 Å². The normalized spacial score (nSPS) is 11.4. The molecule has 0 radical (unpaired) electrons. The van der Waals surface area contributed by atoms with Crippen LogP contribution in [-0.4, -0.2) is 30.1 Å². The Balaban J connectivity index is 1.71. The summed E-state index contributed by atoms with van der Waals surface area (Å²) in [6.45, 7) is 1.90. The molecule has 9 heteroatoms. The number of hydrogen-bond donors (Lipinski definition) is 2. The number of ether oxygens (including phenoxy) is 1. The van der Waals surface area contributed by atoms with Gasteiger partial charge in [0.2, 0.25) is 5.91 Å². The van der Waals surface area contributed by atoms with E-state index in [-0.39, 0.29) is 22.4 Å². The maximum absolute atomic E-state index is 12.9. The van der Waals surface area contributed by atoms with Crippen molar-refractivity contribution in [2.24, 2.45) is 0 Å². The van der Waals surface area contributed by atoms with Gasteiger partial charge in [0.1, 0.15) is 0 Å². The van der Waals surface area contributed by atoms with Gasteiger partial charge >= 0.3 is 5.97 Å². The Labute approximate surface area is 212 Å². The van der Waals surface area contributed by atoms with Crippen LogP contribution in [0, 0.1) is 0 Å². The average Bonchev–Trinajstić information content (AvgIpc) is 2.82. The van der Waals surface area contributed by atoms with Crippen molar-refractivity contribution in [3.8, 4) is 0 Å². The van der Waals surface area contributed by atoms with E-state index in [4.69, 9.17) is 27.9 Å². The smallest absolute Gasteiger partial charge is 0.339 e. The number of benzene rings is 3. The van der Waals surface area contributed by atoms with Gasteiger partial charge < -0.3 is 15.4 Å². The van der Waals surface area contributed by atoms with Gasteiger partial charge in [-0.3, -0.25) is 9.59 Å².